The van der Waals surface area contributed by atoms with E-state index in [0.29, 0.717) is 11.3 Å². The number of benzene rings is 2. The Balaban J connectivity index is 2.30. The van der Waals surface area contributed by atoms with E-state index in [4.69, 9.17) is 9.84 Å². The van der Waals surface area contributed by atoms with Crippen LogP contribution in [0.1, 0.15) is 15.9 Å². The summed E-state index contributed by atoms with van der Waals surface area (Å²) in [5, 5.41) is 20.8. The van der Waals surface area contributed by atoms with Crippen LogP contribution in [0.3, 0.4) is 0 Å². The van der Waals surface area contributed by atoms with Crippen LogP contribution < -0.4 is 10.1 Å². The Morgan fingerprint density at radius 1 is 1.28 bits per heavy atom. The van der Waals surface area contributed by atoms with Gasteiger partial charge in [-0.3, -0.25) is 4.79 Å². The number of anilines is 1. The van der Waals surface area contributed by atoms with Crippen molar-refractivity contribution in [3.05, 3.63) is 63.6 Å². The van der Waals surface area contributed by atoms with Gasteiger partial charge in [0, 0.05) is 15.7 Å². The second-order valence-electron chi connectivity index (χ2n) is 4.90. The molecule has 0 radical (unpaired) electrons. The van der Waals surface area contributed by atoms with Gasteiger partial charge in [-0.2, -0.15) is 5.26 Å². The van der Waals surface area contributed by atoms with Crippen molar-refractivity contribution in [2.24, 2.45) is 0 Å². The molecule has 0 unspecified atom stereocenters. The predicted molar refractivity (Wildman–Crippen MR) is 96.3 cm³/mol. The zero-order valence-electron chi connectivity index (χ0n) is 13.1. The molecule has 2 N–H and O–H groups in total. The summed E-state index contributed by atoms with van der Waals surface area (Å²) in [6, 6.07) is 12.8. The first-order chi connectivity index (χ1) is 11.9. The number of rotatable bonds is 5. The fourth-order valence-electron chi connectivity index (χ4n) is 2.05. The van der Waals surface area contributed by atoms with Gasteiger partial charge in [-0.1, -0.05) is 22.0 Å². The fraction of sp³-hybridized carbons (Fsp3) is 0.0556. The lowest BCUT2D eigenvalue weighted by Gasteiger charge is -2.07. The number of methoxy groups -OCH3 is 1. The minimum absolute atomic E-state index is 0.0361. The summed E-state index contributed by atoms with van der Waals surface area (Å²) in [6.07, 6.45) is 1.40. The minimum atomic E-state index is -1.11. The van der Waals surface area contributed by atoms with Crippen molar-refractivity contribution in [2.75, 3.05) is 12.4 Å². The van der Waals surface area contributed by atoms with E-state index >= 15 is 0 Å². The molecule has 0 bridgehead atoms. The average molecular weight is 401 g/mol. The molecule has 0 aromatic heterocycles. The van der Waals surface area contributed by atoms with Crippen LogP contribution in [0.25, 0.3) is 6.08 Å². The number of hydrogen-bond donors (Lipinski definition) is 2. The number of aromatic carboxylic acids is 1. The molecular weight excluding hydrogens is 388 g/mol. The van der Waals surface area contributed by atoms with Crippen LogP contribution in [0.15, 0.2) is 52.5 Å². The number of amides is 1. The summed E-state index contributed by atoms with van der Waals surface area (Å²) in [7, 11) is 1.49. The van der Waals surface area contributed by atoms with Crippen LogP contribution in [0.5, 0.6) is 5.75 Å². The molecule has 6 nitrogen and oxygen atoms in total. The molecule has 0 aliphatic heterocycles. The molecule has 0 heterocycles. The van der Waals surface area contributed by atoms with Crippen molar-refractivity contribution in [2.45, 2.75) is 0 Å². The van der Waals surface area contributed by atoms with Crippen molar-refractivity contribution in [3.63, 3.8) is 0 Å². The molecule has 0 atom stereocenters. The highest BCUT2D eigenvalue weighted by atomic mass is 79.9. The monoisotopic (exact) mass is 400 g/mol. The SMILES string of the molecule is COc1ccc(Br)cc1/C=C(/C#N)C(=O)Nc1cccc(C(=O)O)c1. The van der Waals surface area contributed by atoms with Crippen LogP contribution in [-0.2, 0) is 4.79 Å². The average Bonchev–Trinajstić information content (AvgIpc) is 2.59. The number of nitrogens with one attached hydrogen (secondary N) is 1. The lowest BCUT2D eigenvalue weighted by Crippen LogP contribution is -2.14. The molecule has 0 aliphatic carbocycles. The minimum Gasteiger partial charge on any atom is -0.496 e. The standard InChI is InChI=1S/C18H13BrN2O4/c1-25-16-6-5-14(19)8-12(16)7-13(10-20)17(22)21-15-4-2-3-11(9-15)18(23)24/h2-9H,1H3,(H,21,22)(H,23,24)/b13-7-. The van der Waals surface area contributed by atoms with Gasteiger partial charge in [0.15, 0.2) is 0 Å². The van der Waals surface area contributed by atoms with E-state index in [1.807, 2.05) is 6.07 Å². The van der Waals surface area contributed by atoms with Crippen molar-refractivity contribution in [1.29, 1.82) is 5.26 Å². The van der Waals surface area contributed by atoms with Crippen molar-refractivity contribution in [3.8, 4) is 11.8 Å². The van der Waals surface area contributed by atoms with Crippen LogP contribution in [0.4, 0.5) is 5.69 Å². The maximum atomic E-state index is 12.3. The van der Waals surface area contributed by atoms with Gasteiger partial charge in [-0.15, -0.1) is 0 Å². The summed E-state index contributed by atoms with van der Waals surface area (Å²) >= 11 is 3.33. The molecule has 0 saturated carbocycles. The lowest BCUT2D eigenvalue weighted by molar-refractivity contribution is -0.112. The van der Waals surface area contributed by atoms with E-state index in [0.717, 1.165) is 4.47 Å². The van der Waals surface area contributed by atoms with Crippen molar-refractivity contribution in [1.82, 2.24) is 0 Å². The Morgan fingerprint density at radius 3 is 2.68 bits per heavy atom. The van der Waals surface area contributed by atoms with E-state index in [-0.39, 0.29) is 16.8 Å². The number of carboxylic acids is 1. The summed E-state index contributed by atoms with van der Waals surface area (Å²) in [5.41, 5.74) is 0.737. The summed E-state index contributed by atoms with van der Waals surface area (Å²) in [5.74, 6) is -1.24. The number of carboxylic acid groups (broad SMARTS) is 1. The Kier molecular flexibility index (Phi) is 5.93. The quantitative estimate of drug-likeness (QED) is 0.588. The molecular formula is C18H13BrN2O4. The first kappa shape index (κ1) is 18.2. The zero-order chi connectivity index (χ0) is 18.4. The van der Waals surface area contributed by atoms with Gasteiger partial charge in [0.1, 0.15) is 17.4 Å². The predicted octanol–water partition coefficient (Wildman–Crippen LogP) is 3.70. The number of halogens is 1. The van der Waals surface area contributed by atoms with Gasteiger partial charge in [0.2, 0.25) is 0 Å². The first-order valence-electron chi connectivity index (χ1n) is 7.04. The number of nitrogens with zero attached hydrogens (tertiary/aromatic N) is 1. The van der Waals surface area contributed by atoms with E-state index in [9.17, 15) is 14.9 Å². The molecule has 2 aromatic carbocycles. The third kappa shape index (κ3) is 4.68. The normalized spacial score (nSPS) is 10.7. The number of nitriles is 1. The van der Waals surface area contributed by atoms with Crippen molar-refractivity contribution < 1.29 is 19.4 Å². The highest BCUT2D eigenvalue weighted by Gasteiger charge is 2.12. The fourth-order valence-corrected chi connectivity index (χ4v) is 2.43. The highest BCUT2D eigenvalue weighted by Crippen LogP contribution is 2.25. The van der Waals surface area contributed by atoms with Gasteiger partial charge in [0.25, 0.3) is 5.91 Å². The second-order valence-corrected chi connectivity index (χ2v) is 5.81. The molecule has 7 heteroatoms. The zero-order valence-corrected chi connectivity index (χ0v) is 14.7. The molecule has 0 aliphatic rings. The molecule has 0 saturated heterocycles. The topological polar surface area (TPSA) is 99.4 Å². The van der Waals surface area contributed by atoms with Gasteiger partial charge in [0.05, 0.1) is 12.7 Å². The number of hydrogen-bond acceptors (Lipinski definition) is 4. The highest BCUT2D eigenvalue weighted by molar-refractivity contribution is 9.10. The van der Waals surface area contributed by atoms with E-state index < -0.39 is 11.9 Å². The van der Waals surface area contributed by atoms with E-state index in [1.165, 1.54) is 31.4 Å². The number of ether oxygens (including phenoxy) is 1. The van der Waals surface area contributed by atoms with Gasteiger partial charge >= 0.3 is 5.97 Å². The number of carbonyl (C=O) groups excluding carboxylic acids is 1. The lowest BCUT2D eigenvalue weighted by atomic mass is 10.1. The molecule has 2 aromatic rings. The maximum Gasteiger partial charge on any atom is 0.335 e. The Labute approximate surface area is 152 Å². The van der Waals surface area contributed by atoms with Crippen LogP contribution in [-0.4, -0.2) is 24.1 Å². The molecule has 126 valence electrons. The van der Waals surface area contributed by atoms with Crippen LogP contribution >= 0.6 is 15.9 Å². The van der Waals surface area contributed by atoms with Crippen molar-refractivity contribution >= 4 is 39.6 Å². The summed E-state index contributed by atoms with van der Waals surface area (Å²) in [4.78, 5) is 23.3. The third-order valence-corrected chi connectivity index (χ3v) is 3.72. The third-order valence-electron chi connectivity index (χ3n) is 3.22. The maximum absolute atomic E-state index is 12.3. The molecule has 0 fully saturated rings. The number of carbonyl (C=O) groups is 2. The molecule has 25 heavy (non-hydrogen) atoms. The smallest absolute Gasteiger partial charge is 0.335 e. The molecule has 0 spiro atoms. The van der Waals surface area contributed by atoms with E-state index in [2.05, 4.69) is 21.2 Å². The largest absolute Gasteiger partial charge is 0.496 e. The Bertz CT molecular complexity index is 900. The Hall–Kier alpha value is -3.11. The molecule has 1 amide bonds. The summed E-state index contributed by atoms with van der Waals surface area (Å²) < 4.78 is 5.98. The van der Waals surface area contributed by atoms with Crippen LogP contribution in [0.2, 0.25) is 0 Å². The first-order valence-corrected chi connectivity index (χ1v) is 7.84. The Morgan fingerprint density at radius 2 is 2.04 bits per heavy atom. The second kappa shape index (κ2) is 8.13. The van der Waals surface area contributed by atoms with Gasteiger partial charge < -0.3 is 15.2 Å². The molecule has 2 rings (SSSR count). The van der Waals surface area contributed by atoms with Gasteiger partial charge in [-0.05, 0) is 42.5 Å². The van der Waals surface area contributed by atoms with Crippen LogP contribution in [0, 0.1) is 11.3 Å². The summed E-state index contributed by atoms with van der Waals surface area (Å²) in [6.45, 7) is 0. The van der Waals surface area contributed by atoms with Gasteiger partial charge in [-0.25, -0.2) is 4.79 Å². The van der Waals surface area contributed by atoms with E-state index in [1.54, 1.807) is 24.3 Å².